The Bertz CT molecular complexity index is 722. The number of rotatable bonds is 4. The third-order valence-corrected chi connectivity index (χ3v) is 4.00. The molecule has 1 heterocycles. The molecule has 0 aliphatic carbocycles. The van der Waals surface area contributed by atoms with E-state index in [0.29, 0.717) is 17.3 Å². The number of hydrogen-bond donors (Lipinski definition) is 2. The van der Waals surface area contributed by atoms with Gasteiger partial charge in [-0.05, 0) is 26.0 Å². The van der Waals surface area contributed by atoms with Crippen LogP contribution in [0, 0.1) is 6.92 Å². The minimum atomic E-state index is -3.36. The van der Waals surface area contributed by atoms with Gasteiger partial charge in [-0.1, -0.05) is 6.07 Å². The van der Waals surface area contributed by atoms with Crippen molar-refractivity contribution in [2.45, 2.75) is 24.8 Å². The van der Waals surface area contributed by atoms with Crippen molar-refractivity contribution < 1.29 is 12.8 Å². The number of nitrogens with zero attached hydrogens (tertiary/aromatic N) is 1. The molecule has 0 radical (unpaired) electrons. The number of hydrogen-bond acceptors (Lipinski definition) is 6. The van der Waals surface area contributed by atoms with E-state index in [2.05, 4.69) is 10.3 Å². The summed E-state index contributed by atoms with van der Waals surface area (Å²) < 4.78 is 28.7. The minimum absolute atomic E-state index is 0.110. The van der Waals surface area contributed by atoms with Gasteiger partial charge in [0.15, 0.2) is 9.84 Å². The zero-order valence-corrected chi connectivity index (χ0v) is 12.4. The van der Waals surface area contributed by atoms with Crippen LogP contribution in [0.1, 0.15) is 24.6 Å². The maximum atomic E-state index is 11.6. The molecule has 0 aliphatic heterocycles. The molecule has 1 unspecified atom stereocenters. The lowest BCUT2D eigenvalue weighted by Gasteiger charge is -2.15. The first-order valence-electron chi connectivity index (χ1n) is 6.06. The molecular weight excluding hydrogens is 278 g/mol. The highest BCUT2D eigenvalue weighted by Gasteiger charge is 2.17. The summed E-state index contributed by atoms with van der Waals surface area (Å²) in [6, 6.07) is 4.62. The molecule has 0 amide bonds. The van der Waals surface area contributed by atoms with E-state index in [1.807, 2.05) is 13.8 Å². The van der Waals surface area contributed by atoms with Gasteiger partial charge in [-0.15, -0.1) is 0 Å². The van der Waals surface area contributed by atoms with E-state index in [4.69, 9.17) is 10.2 Å². The van der Waals surface area contributed by atoms with Crippen molar-refractivity contribution in [2.75, 3.05) is 17.3 Å². The van der Waals surface area contributed by atoms with Gasteiger partial charge < -0.3 is 15.5 Å². The number of nitrogens with one attached hydrogen (secondary N) is 1. The van der Waals surface area contributed by atoms with Crippen molar-refractivity contribution in [3.63, 3.8) is 0 Å². The fourth-order valence-electron chi connectivity index (χ4n) is 1.86. The largest absolute Gasteiger partial charge is 0.444 e. The minimum Gasteiger partial charge on any atom is -0.444 e. The predicted molar refractivity (Wildman–Crippen MR) is 77.2 cm³/mol. The summed E-state index contributed by atoms with van der Waals surface area (Å²) in [4.78, 5) is 4.23. The molecule has 108 valence electrons. The number of aromatic nitrogens is 1. The number of nitrogens with two attached hydrogens (primary N) is 1. The Morgan fingerprint density at radius 1 is 1.40 bits per heavy atom. The van der Waals surface area contributed by atoms with Gasteiger partial charge in [0.1, 0.15) is 11.8 Å². The molecule has 3 N–H and O–H groups in total. The second-order valence-corrected chi connectivity index (χ2v) is 6.65. The third kappa shape index (κ3) is 2.93. The van der Waals surface area contributed by atoms with E-state index < -0.39 is 9.84 Å². The molecule has 1 aromatic heterocycles. The quantitative estimate of drug-likeness (QED) is 0.839. The van der Waals surface area contributed by atoms with Crippen molar-refractivity contribution in [2.24, 2.45) is 0 Å². The Morgan fingerprint density at radius 3 is 2.65 bits per heavy atom. The monoisotopic (exact) mass is 295 g/mol. The van der Waals surface area contributed by atoms with Crippen LogP contribution in [0.2, 0.25) is 0 Å². The SMILES string of the molecule is Cc1cnc(C(C)Nc2cccc(S(C)(=O)=O)c2N)o1. The van der Waals surface area contributed by atoms with Crippen LogP contribution < -0.4 is 11.1 Å². The Morgan fingerprint density at radius 2 is 2.10 bits per heavy atom. The molecule has 7 heteroatoms. The Hall–Kier alpha value is -2.02. The van der Waals surface area contributed by atoms with Gasteiger partial charge in [-0.25, -0.2) is 13.4 Å². The van der Waals surface area contributed by atoms with Crippen LogP contribution in [0.4, 0.5) is 11.4 Å². The summed E-state index contributed by atoms with van der Waals surface area (Å²) in [5.41, 5.74) is 6.65. The molecular formula is C13H17N3O3S. The number of para-hydroxylation sites is 1. The van der Waals surface area contributed by atoms with Gasteiger partial charge >= 0.3 is 0 Å². The molecule has 2 rings (SSSR count). The lowest BCUT2D eigenvalue weighted by atomic mass is 10.2. The predicted octanol–water partition coefficient (Wildman–Crippen LogP) is 2.14. The first kappa shape index (κ1) is 14.4. The molecule has 0 saturated heterocycles. The smallest absolute Gasteiger partial charge is 0.216 e. The van der Waals surface area contributed by atoms with Crippen LogP contribution in [0.15, 0.2) is 33.7 Å². The number of anilines is 2. The van der Waals surface area contributed by atoms with Gasteiger partial charge in [0.05, 0.1) is 22.5 Å². The fraction of sp³-hybridized carbons (Fsp3) is 0.308. The van der Waals surface area contributed by atoms with Crippen molar-refractivity contribution >= 4 is 21.2 Å². The molecule has 6 nitrogen and oxygen atoms in total. The van der Waals surface area contributed by atoms with Crippen molar-refractivity contribution in [1.82, 2.24) is 4.98 Å². The first-order valence-corrected chi connectivity index (χ1v) is 7.95. The average Bonchev–Trinajstić information content (AvgIpc) is 2.77. The lowest BCUT2D eigenvalue weighted by Crippen LogP contribution is -2.11. The van der Waals surface area contributed by atoms with E-state index in [-0.39, 0.29) is 16.6 Å². The number of aryl methyl sites for hydroxylation is 1. The average molecular weight is 295 g/mol. The summed E-state index contributed by atoms with van der Waals surface area (Å²) in [6.45, 7) is 3.67. The highest BCUT2D eigenvalue weighted by Crippen LogP contribution is 2.29. The van der Waals surface area contributed by atoms with Crippen LogP contribution in [0.25, 0.3) is 0 Å². The van der Waals surface area contributed by atoms with E-state index >= 15 is 0 Å². The molecule has 0 aliphatic rings. The zero-order valence-electron chi connectivity index (χ0n) is 11.5. The van der Waals surface area contributed by atoms with E-state index in [1.54, 1.807) is 18.3 Å². The lowest BCUT2D eigenvalue weighted by molar-refractivity contribution is 0.454. The highest BCUT2D eigenvalue weighted by molar-refractivity contribution is 7.90. The summed E-state index contributed by atoms with van der Waals surface area (Å²) in [5.74, 6) is 1.23. The summed E-state index contributed by atoms with van der Waals surface area (Å²) in [7, 11) is -3.36. The Kier molecular flexibility index (Phi) is 3.71. The molecule has 0 bridgehead atoms. The highest BCUT2D eigenvalue weighted by atomic mass is 32.2. The summed E-state index contributed by atoms with van der Waals surface area (Å²) in [6.07, 6.45) is 2.76. The maximum absolute atomic E-state index is 11.6. The molecule has 1 aromatic carbocycles. The fourth-order valence-corrected chi connectivity index (χ4v) is 2.70. The van der Waals surface area contributed by atoms with Gasteiger partial charge in [-0.3, -0.25) is 0 Å². The second-order valence-electron chi connectivity index (χ2n) is 4.66. The van der Waals surface area contributed by atoms with Gasteiger partial charge in [-0.2, -0.15) is 0 Å². The topological polar surface area (TPSA) is 98.2 Å². The van der Waals surface area contributed by atoms with Crippen molar-refractivity contribution in [1.29, 1.82) is 0 Å². The number of benzene rings is 1. The van der Waals surface area contributed by atoms with Crippen LogP contribution in [0.3, 0.4) is 0 Å². The second kappa shape index (κ2) is 5.16. The summed E-state index contributed by atoms with van der Waals surface area (Å²) in [5, 5.41) is 3.11. The van der Waals surface area contributed by atoms with E-state index in [0.717, 1.165) is 6.26 Å². The first-order chi connectivity index (χ1) is 9.29. The van der Waals surface area contributed by atoms with Crippen molar-refractivity contribution in [3.05, 3.63) is 36.0 Å². The molecule has 2 aromatic rings. The van der Waals surface area contributed by atoms with Crippen molar-refractivity contribution in [3.8, 4) is 0 Å². The van der Waals surface area contributed by atoms with Gasteiger partial charge in [0.25, 0.3) is 0 Å². The molecule has 0 saturated carbocycles. The summed E-state index contributed by atoms with van der Waals surface area (Å²) >= 11 is 0. The van der Waals surface area contributed by atoms with Gasteiger partial charge in [0, 0.05) is 6.26 Å². The Labute approximate surface area is 117 Å². The molecule has 20 heavy (non-hydrogen) atoms. The standard InChI is InChI=1S/C13H17N3O3S/c1-8-7-15-13(19-8)9(2)16-10-5-4-6-11(12(10)14)20(3,17)18/h4-7,9,16H,14H2,1-3H3. The van der Waals surface area contributed by atoms with Crippen LogP contribution in [-0.4, -0.2) is 19.7 Å². The van der Waals surface area contributed by atoms with Crippen LogP contribution >= 0.6 is 0 Å². The number of oxazole rings is 1. The third-order valence-electron chi connectivity index (χ3n) is 2.85. The normalized spacial score (nSPS) is 13.2. The van der Waals surface area contributed by atoms with E-state index in [1.165, 1.54) is 6.07 Å². The van der Waals surface area contributed by atoms with Crippen LogP contribution in [-0.2, 0) is 9.84 Å². The van der Waals surface area contributed by atoms with E-state index in [9.17, 15) is 8.42 Å². The zero-order chi connectivity index (χ0) is 14.9. The molecule has 0 fully saturated rings. The number of sulfone groups is 1. The Balaban J connectivity index is 2.31. The molecule has 0 spiro atoms. The molecule has 1 atom stereocenters. The van der Waals surface area contributed by atoms with Gasteiger partial charge in [0.2, 0.25) is 5.89 Å². The number of nitrogen functional groups attached to an aromatic ring is 1. The maximum Gasteiger partial charge on any atom is 0.216 e. The van der Waals surface area contributed by atoms with Crippen LogP contribution in [0.5, 0.6) is 0 Å².